The lowest BCUT2D eigenvalue weighted by atomic mass is 10.1. The second-order valence-electron chi connectivity index (χ2n) is 4.56. The minimum Gasteiger partial charge on any atom is -0.392 e. The summed E-state index contributed by atoms with van der Waals surface area (Å²) in [5, 5.41) is 9.15. The van der Waals surface area contributed by atoms with E-state index in [1.807, 2.05) is 13.8 Å². The van der Waals surface area contributed by atoms with Crippen LogP contribution < -0.4 is 4.72 Å². The molecule has 1 unspecified atom stereocenters. The van der Waals surface area contributed by atoms with Crippen molar-refractivity contribution in [2.24, 2.45) is 5.92 Å². The molecule has 1 atom stereocenters. The largest absolute Gasteiger partial charge is 0.392 e. The molecule has 4 nitrogen and oxygen atoms in total. The number of aliphatic hydroxyl groups excluding tert-OH is 1. The zero-order valence-corrected chi connectivity index (χ0v) is 11.9. The molecule has 0 saturated heterocycles. The van der Waals surface area contributed by atoms with Crippen molar-refractivity contribution < 1.29 is 13.5 Å². The Kier molecular flexibility index (Phi) is 5.31. The molecule has 0 aromatic heterocycles. The molecular formula is C13H21NO3S. The molecule has 2 N–H and O–H groups in total. The second kappa shape index (κ2) is 6.31. The maximum Gasteiger partial charge on any atom is 0.240 e. The highest BCUT2D eigenvalue weighted by Crippen LogP contribution is 2.19. The monoisotopic (exact) mass is 271 g/mol. The first-order valence-electron chi connectivity index (χ1n) is 6.11. The van der Waals surface area contributed by atoms with Crippen molar-refractivity contribution in [3.63, 3.8) is 0 Å². The number of nitrogens with one attached hydrogen (secondary N) is 1. The van der Waals surface area contributed by atoms with Gasteiger partial charge in [-0.2, -0.15) is 0 Å². The van der Waals surface area contributed by atoms with Gasteiger partial charge in [0.15, 0.2) is 0 Å². The minimum absolute atomic E-state index is 0.152. The molecule has 102 valence electrons. The van der Waals surface area contributed by atoms with E-state index in [2.05, 4.69) is 4.72 Å². The predicted molar refractivity (Wildman–Crippen MR) is 71.7 cm³/mol. The highest BCUT2D eigenvalue weighted by molar-refractivity contribution is 7.89. The molecule has 0 radical (unpaired) electrons. The average molecular weight is 271 g/mol. The van der Waals surface area contributed by atoms with E-state index >= 15 is 0 Å². The van der Waals surface area contributed by atoms with Crippen LogP contribution in [0.3, 0.4) is 0 Å². The van der Waals surface area contributed by atoms with Crippen LogP contribution in [0.15, 0.2) is 23.1 Å². The molecular weight excluding hydrogens is 250 g/mol. The normalized spacial score (nSPS) is 13.6. The van der Waals surface area contributed by atoms with Crippen molar-refractivity contribution in [3.05, 3.63) is 29.3 Å². The Hall–Kier alpha value is -0.910. The fraction of sp³-hybridized carbons (Fsp3) is 0.538. The third-order valence-electron chi connectivity index (χ3n) is 3.17. The SMILES string of the molecule is CCC(C)CNS(=O)(=O)c1cccc(CO)c1C. The van der Waals surface area contributed by atoms with E-state index in [9.17, 15) is 8.42 Å². The van der Waals surface area contributed by atoms with E-state index in [4.69, 9.17) is 5.11 Å². The Morgan fingerprint density at radius 3 is 2.61 bits per heavy atom. The lowest BCUT2D eigenvalue weighted by molar-refractivity contribution is 0.280. The highest BCUT2D eigenvalue weighted by atomic mass is 32.2. The van der Waals surface area contributed by atoms with Gasteiger partial charge >= 0.3 is 0 Å². The molecule has 0 amide bonds. The molecule has 5 heteroatoms. The standard InChI is InChI=1S/C13H21NO3S/c1-4-10(2)8-14-18(16,17)13-7-5-6-12(9-15)11(13)3/h5-7,10,14-15H,4,8-9H2,1-3H3. The quantitative estimate of drug-likeness (QED) is 0.829. The average Bonchev–Trinajstić information content (AvgIpc) is 2.36. The van der Waals surface area contributed by atoms with Gasteiger partial charge in [-0.3, -0.25) is 0 Å². The summed E-state index contributed by atoms with van der Waals surface area (Å²) >= 11 is 0. The van der Waals surface area contributed by atoms with Crippen molar-refractivity contribution in [1.82, 2.24) is 4.72 Å². The Morgan fingerprint density at radius 2 is 2.06 bits per heavy atom. The molecule has 0 heterocycles. The van der Waals surface area contributed by atoms with E-state index in [0.717, 1.165) is 6.42 Å². The van der Waals surface area contributed by atoms with Gasteiger partial charge in [-0.15, -0.1) is 0 Å². The first-order chi connectivity index (χ1) is 8.42. The molecule has 0 aliphatic rings. The maximum absolute atomic E-state index is 12.1. The molecule has 0 bridgehead atoms. The van der Waals surface area contributed by atoms with E-state index in [1.165, 1.54) is 0 Å². The Balaban J connectivity index is 2.98. The summed E-state index contributed by atoms with van der Waals surface area (Å²) in [5.41, 5.74) is 1.25. The summed E-state index contributed by atoms with van der Waals surface area (Å²) < 4.78 is 26.9. The van der Waals surface area contributed by atoms with Gasteiger partial charge in [-0.1, -0.05) is 32.4 Å². The van der Waals surface area contributed by atoms with Crippen molar-refractivity contribution in [1.29, 1.82) is 0 Å². The number of hydrogen-bond donors (Lipinski definition) is 2. The van der Waals surface area contributed by atoms with Gasteiger partial charge in [0, 0.05) is 6.54 Å². The lowest BCUT2D eigenvalue weighted by Crippen LogP contribution is -2.29. The molecule has 0 aliphatic heterocycles. The van der Waals surface area contributed by atoms with Crippen LogP contribution in [0.4, 0.5) is 0 Å². The molecule has 0 saturated carbocycles. The zero-order chi connectivity index (χ0) is 13.8. The van der Waals surface area contributed by atoms with Gasteiger partial charge in [0.1, 0.15) is 0 Å². The van der Waals surface area contributed by atoms with Gasteiger partial charge < -0.3 is 5.11 Å². The van der Waals surface area contributed by atoms with E-state index < -0.39 is 10.0 Å². The van der Waals surface area contributed by atoms with Crippen molar-refractivity contribution in [2.45, 2.75) is 38.7 Å². The van der Waals surface area contributed by atoms with Crippen molar-refractivity contribution in [3.8, 4) is 0 Å². The van der Waals surface area contributed by atoms with Crippen LogP contribution in [0.2, 0.25) is 0 Å². The van der Waals surface area contributed by atoms with Gasteiger partial charge in [-0.25, -0.2) is 13.1 Å². The summed E-state index contributed by atoms with van der Waals surface area (Å²) in [6, 6.07) is 4.94. The van der Waals surface area contributed by atoms with Crippen LogP contribution in [0, 0.1) is 12.8 Å². The molecule has 0 fully saturated rings. The zero-order valence-electron chi connectivity index (χ0n) is 11.1. The number of sulfonamides is 1. The minimum atomic E-state index is -3.49. The smallest absolute Gasteiger partial charge is 0.240 e. The van der Waals surface area contributed by atoms with Crippen LogP contribution in [0.5, 0.6) is 0 Å². The number of rotatable bonds is 6. The van der Waals surface area contributed by atoms with E-state index in [1.54, 1.807) is 25.1 Å². The molecule has 0 spiro atoms. The van der Waals surface area contributed by atoms with E-state index in [-0.39, 0.29) is 11.5 Å². The van der Waals surface area contributed by atoms with E-state index in [0.29, 0.717) is 23.6 Å². The summed E-state index contributed by atoms with van der Waals surface area (Å²) in [4.78, 5) is 0.248. The van der Waals surface area contributed by atoms with Crippen molar-refractivity contribution >= 4 is 10.0 Å². The third-order valence-corrected chi connectivity index (χ3v) is 4.74. The Labute approximate surface area is 109 Å². The number of benzene rings is 1. The fourth-order valence-electron chi connectivity index (χ4n) is 1.60. The Morgan fingerprint density at radius 1 is 1.39 bits per heavy atom. The van der Waals surface area contributed by atoms with Crippen LogP contribution in [-0.4, -0.2) is 20.1 Å². The van der Waals surface area contributed by atoms with Crippen molar-refractivity contribution in [2.75, 3.05) is 6.54 Å². The van der Waals surface area contributed by atoms with Gasteiger partial charge in [0.25, 0.3) is 0 Å². The summed E-state index contributed by atoms with van der Waals surface area (Å²) in [7, 11) is -3.49. The highest BCUT2D eigenvalue weighted by Gasteiger charge is 2.18. The maximum atomic E-state index is 12.1. The summed E-state index contributed by atoms with van der Waals surface area (Å²) in [6.07, 6.45) is 0.929. The first kappa shape index (κ1) is 15.1. The van der Waals surface area contributed by atoms with Gasteiger partial charge in [0.05, 0.1) is 11.5 Å². The summed E-state index contributed by atoms with van der Waals surface area (Å²) in [5.74, 6) is 0.307. The molecule has 1 aromatic carbocycles. The fourth-order valence-corrected chi connectivity index (χ4v) is 3.05. The number of aliphatic hydroxyl groups is 1. The van der Waals surface area contributed by atoms with Crippen LogP contribution in [-0.2, 0) is 16.6 Å². The first-order valence-corrected chi connectivity index (χ1v) is 7.59. The Bertz CT molecular complexity index is 497. The topological polar surface area (TPSA) is 66.4 Å². The predicted octanol–water partition coefficient (Wildman–Crippen LogP) is 1.81. The molecule has 18 heavy (non-hydrogen) atoms. The lowest BCUT2D eigenvalue weighted by Gasteiger charge is -2.13. The molecule has 0 aliphatic carbocycles. The van der Waals surface area contributed by atoms with Gasteiger partial charge in [0.2, 0.25) is 10.0 Å². The molecule has 1 rings (SSSR count). The second-order valence-corrected chi connectivity index (χ2v) is 6.30. The summed E-state index contributed by atoms with van der Waals surface area (Å²) in [6.45, 7) is 6.02. The third kappa shape index (κ3) is 3.54. The number of hydrogen-bond acceptors (Lipinski definition) is 3. The molecule has 1 aromatic rings. The van der Waals surface area contributed by atoms with Crippen LogP contribution in [0.1, 0.15) is 31.4 Å². The van der Waals surface area contributed by atoms with Crippen LogP contribution >= 0.6 is 0 Å². The van der Waals surface area contributed by atoms with Gasteiger partial charge in [-0.05, 0) is 30.0 Å². The van der Waals surface area contributed by atoms with Crippen LogP contribution in [0.25, 0.3) is 0 Å².